The fourth-order valence-electron chi connectivity index (χ4n) is 1.92. The van der Waals surface area contributed by atoms with Gasteiger partial charge in [-0.25, -0.2) is 18.4 Å². The smallest absolute Gasteiger partial charge is 0.422 e. The predicted molar refractivity (Wildman–Crippen MR) is 72.5 cm³/mol. The molecule has 1 aromatic rings. The van der Waals surface area contributed by atoms with Crippen molar-refractivity contribution < 1.29 is 36.3 Å². The van der Waals surface area contributed by atoms with E-state index in [1.807, 2.05) is 4.84 Å². The van der Waals surface area contributed by atoms with E-state index in [1.165, 1.54) is 0 Å². The quantitative estimate of drug-likeness (QED) is 0.617. The minimum atomic E-state index is -4.78. The Hall–Kier alpha value is -2.14. The lowest BCUT2D eigenvalue weighted by Gasteiger charge is -2.23. The molecule has 12 heteroatoms. The van der Waals surface area contributed by atoms with E-state index in [9.17, 15) is 31.5 Å². The number of anilines is 2. The largest absolute Gasteiger partial charge is 0.439 e. The lowest BCUT2D eigenvalue weighted by Crippen LogP contribution is -2.45. The Morgan fingerprint density at radius 1 is 1.38 bits per heavy atom. The minimum absolute atomic E-state index is 0.322. The second kappa shape index (κ2) is 6.77. The highest BCUT2D eigenvalue weighted by Gasteiger charge is 2.35. The van der Waals surface area contributed by atoms with Gasteiger partial charge in [0.2, 0.25) is 5.91 Å². The molecule has 0 saturated carbocycles. The maximum absolute atomic E-state index is 13.4. The van der Waals surface area contributed by atoms with E-state index < -0.39 is 49.0 Å². The first-order valence-electron chi connectivity index (χ1n) is 6.29. The molecule has 0 spiro atoms. The van der Waals surface area contributed by atoms with E-state index in [0.717, 1.165) is 0 Å². The number of nitrogens with zero attached hydrogens (tertiary/aromatic N) is 1. The van der Waals surface area contributed by atoms with Gasteiger partial charge in [-0.3, -0.25) is 9.69 Å². The normalized spacial score (nSPS) is 17.8. The Bertz CT molecular complexity index is 670. The number of nitrogens with one attached hydrogen (secondary N) is 2. The van der Waals surface area contributed by atoms with E-state index in [0.29, 0.717) is 17.0 Å². The van der Waals surface area contributed by atoms with E-state index >= 15 is 0 Å². The Labute approximate surface area is 136 Å². The van der Waals surface area contributed by atoms with Crippen LogP contribution in [0.2, 0.25) is 0 Å². The van der Waals surface area contributed by atoms with Gasteiger partial charge in [0, 0.05) is 12.1 Å². The maximum Gasteiger partial charge on any atom is 0.422 e. The zero-order valence-electron chi connectivity index (χ0n) is 11.6. The van der Waals surface area contributed by atoms with E-state index in [4.69, 9.17) is 11.8 Å². The number of alkyl halides is 3. The molecule has 1 aliphatic heterocycles. The van der Waals surface area contributed by atoms with Gasteiger partial charge in [0.25, 0.3) is 0 Å². The van der Waals surface area contributed by atoms with Crippen molar-refractivity contribution in [3.8, 4) is 0 Å². The average molecular weight is 374 g/mol. The van der Waals surface area contributed by atoms with E-state index in [2.05, 4.69) is 10.1 Å². The second-order valence-electron chi connectivity index (χ2n) is 4.71. The van der Waals surface area contributed by atoms with E-state index in [1.54, 1.807) is 0 Å². The number of hydrogen-bond acceptors (Lipinski definition) is 4. The summed E-state index contributed by atoms with van der Waals surface area (Å²) < 4.78 is 67.4. The number of rotatable bonds is 2. The standard InChI is InChI=1S/C12H9ClF5N3O3/c13-20-8-3-21(11(23)24-4-12(16,17)18)9-2-6(15)5(14)1-7(9)19-10(8)22/h1-2,8,20H,3-4H2,(H,19,22). The molecule has 2 rings (SSSR count). The number of fused-ring (bicyclic) bond motifs is 1. The van der Waals surface area contributed by atoms with Crippen LogP contribution in [0.3, 0.4) is 0 Å². The van der Waals surface area contributed by atoms with Crippen LogP contribution >= 0.6 is 11.8 Å². The van der Waals surface area contributed by atoms with Crippen LogP contribution in [0.25, 0.3) is 0 Å². The predicted octanol–water partition coefficient (Wildman–Crippen LogP) is 2.53. The summed E-state index contributed by atoms with van der Waals surface area (Å²) in [5, 5.41) is 2.18. The molecule has 2 amide bonds. The molecular weight excluding hydrogens is 365 g/mol. The van der Waals surface area contributed by atoms with Crippen molar-refractivity contribution in [2.75, 3.05) is 23.4 Å². The van der Waals surface area contributed by atoms with Crippen LogP contribution < -0.4 is 15.1 Å². The van der Waals surface area contributed by atoms with E-state index in [-0.39, 0.29) is 11.4 Å². The zero-order valence-corrected chi connectivity index (χ0v) is 12.3. The monoisotopic (exact) mass is 373 g/mol. The van der Waals surface area contributed by atoms with Crippen LogP contribution in [0.4, 0.5) is 38.1 Å². The van der Waals surface area contributed by atoms with Gasteiger partial charge in [-0.05, 0) is 11.8 Å². The maximum atomic E-state index is 13.4. The summed E-state index contributed by atoms with van der Waals surface area (Å²) in [4.78, 5) is 26.3. The first-order valence-corrected chi connectivity index (χ1v) is 6.67. The lowest BCUT2D eigenvalue weighted by molar-refractivity contribution is -0.159. The SMILES string of the molecule is O=C1Nc2cc(F)c(F)cc2N(C(=O)OCC(F)(F)F)CC1NCl. The molecule has 1 atom stereocenters. The fourth-order valence-corrected chi connectivity index (χ4v) is 2.09. The summed E-state index contributed by atoms with van der Waals surface area (Å²) in [5.41, 5.74) is -0.693. The number of amides is 2. The summed E-state index contributed by atoms with van der Waals surface area (Å²) in [7, 11) is 0. The van der Waals surface area contributed by atoms with Gasteiger partial charge in [-0.2, -0.15) is 13.2 Å². The van der Waals surface area contributed by atoms with Crippen molar-refractivity contribution in [3.63, 3.8) is 0 Å². The molecule has 0 fully saturated rings. The highest BCUT2D eigenvalue weighted by atomic mass is 35.5. The number of hydrogen-bond donors (Lipinski definition) is 2. The minimum Gasteiger partial charge on any atom is -0.439 e. The number of carbonyl (C=O) groups excluding carboxylic acids is 2. The van der Waals surface area contributed by atoms with Crippen molar-refractivity contribution >= 4 is 35.2 Å². The van der Waals surface area contributed by atoms with Crippen molar-refractivity contribution in [1.29, 1.82) is 0 Å². The molecule has 0 aliphatic carbocycles. The van der Waals surface area contributed by atoms with Gasteiger partial charge in [0.05, 0.1) is 17.9 Å². The van der Waals surface area contributed by atoms with Crippen molar-refractivity contribution in [1.82, 2.24) is 4.84 Å². The molecule has 1 heterocycles. The third-order valence-corrected chi connectivity index (χ3v) is 3.24. The fraction of sp³-hybridized carbons (Fsp3) is 0.333. The highest BCUT2D eigenvalue weighted by molar-refractivity contribution is 6.16. The number of benzene rings is 1. The third-order valence-electron chi connectivity index (χ3n) is 2.98. The topological polar surface area (TPSA) is 70.7 Å². The van der Waals surface area contributed by atoms with Crippen LogP contribution in [0, 0.1) is 11.6 Å². The lowest BCUT2D eigenvalue weighted by atomic mass is 10.2. The van der Waals surface area contributed by atoms with Crippen molar-refractivity contribution in [3.05, 3.63) is 23.8 Å². The average Bonchev–Trinajstić information content (AvgIpc) is 2.61. The van der Waals surface area contributed by atoms with Crippen LogP contribution in [-0.2, 0) is 9.53 Å². The molecule has 0 bridgehead atoms. The molecule has 1 unspecified atom stereocenters. The third kappa shape index (κ3) is 4.03. The molecular formula is C12H9ClF5N3O3. The highest BCUT2D eigenvalue weighted by Crippen LogP contribution is 2.32. The Morgan fingerprint density at radius 3 is 2.58 bits per heavy atom. The first-order chi connectivity index (χ1) is 11.1. The van der Waals surface area contributed by atoms with Gasteiger partial charge in [0.15, 0.2) is 18.2 Å². The molecule has 0 aromatic heterocycles. The molecule has 2 N–H and O–H groups in total. The number of ether oxygens (including phenoxy) is 1. The van der Waals surface area contributed by atoms with Crippen LogP contribution in [0.5, 0.6) is 0 Å². The van der Waals surface area contributed by atoms with Gasteiger partial charge < -0.3 is 10.1 Å². The molecule has 132 valence electrons. The van der Waals surface area contributed by atoms with Crippen LogP contribution in [0.1, 0.15) is 0 Å². The summed E-state index contributed by atoms with van der Waals surface area (Å²) in [6, 6.07) is -0.122. The Kier molecular flexibility index (Phi) is 5.13. The molecule has 6 nitrogen and oxygen atoms in total. The Balaban J connectivity index is 2.39. The summed E-state index contributed by atoms with van der Waals surface area (Å²) >= 11 is 5.36. The van der Waals surface area contributed by atoms with Crippen molar-refractivity contribution in [2.24, 2.45) is 0 Å². The molecule has 1 aliphatic rings. The zero-order chi connectivity index (χ0) is 18.1. The summed E-state index contributed by atoms with van der Waals surface area (Å²) in [6.45, 7) is -2.45. The summed E-state index contributed by atoms with van der Waals surface area (Å²) in [6.07, 6.45) is -6.29. The number of carbonyl (C=O) groups is 2. The van der Waals surface area contributed by atoms with Gasteiger partial charge in [0.1, 0.15) is 6.04 Å². The van der Waals surface area contributed by atoms with Crippen molar-refractivity contribution in [2.45, 2.75) is 12.2 Å². The second-order valence-corrected chi connectivity index (χ2v) is 4.93. The van der Waals surface area contributed by atoms with Gasteiger partial charge in [-0.1, -0.05) is 0 Å². The molecule has 24 heavy (non-hydrogen) atoms. The molecule has 0 radical (unpaired) electrons. The number of halogens is 6. The van der Waals surface area contributed by atoms with Gasteiger partial charge in [-0.15, -0.1) is 0 Å². The first kappa shape index (κ1) is 18.2. The molecule has 0 saturated heterocycles. The Morgan fingerprint density at radius 2 is 2.00 bits per heavy atom. The van der Waals surface area contributed by atoms with Crippen LogP contribution in [0.15, 0.2) is 12.1 Å². The van der Waals surface area contributed by atoms with Crippen LogP contribution in [-0.4, -0.2) is 37.4 Å². The van der Waals surface area contributed by atoms with Gasteiger partial charge >= 0.3 is 12.3 Å². The summed E-state index contributed by atoms with van der Waals surface area (Å²) in [5.74, 6) is -3.49. The molecule has 1 aromatic carbocycles.